The Labute approximate surface area is 166 Å². The molecule has 0 saturated carbocycles. The third-order valence-corrected chi connectivity index (χ3v) is 4.72. The van der Waals surface area contributed by atoms with Gasteiger partial charge in [0.25, 0.3) is 0 Å². The lowest BCUT2D eigenvalue weighted by Gasteiger charge is -2.21. The number of halogens is 2. The van der Waals surface area contributed by atoms with Gasteiger partial charge < -0.3 is 10.2 Å². The van der Waals surface area contributed by atoms with Crippen molar-refractivity contribution in [3.63, 3.8) is 0 Å². The molecule has 0 unspecified atom stereocenters. The van der Waals surface area contributed by atoms with Gasteiger partial charge in [-0.2, -0.15) is 0 Å². The number of hydrogen-bond acceptors (Lipinski definition) is 3. The van der Waals surface area contributed by atoms with Crippen molar-refractivity contribution in [3.05, 3.63) is 29.8 Å². The Morgan fingerprint density at radius 3 is 1.92 bits per heavy atom. The van der Waals surface area contributed by atoms with Crippen LogP contribution in [0.3, 0.4) is 0 Å². The summed E-state index contributed by atoms with van der Waals surface area (Å²) in [5.41, 5.74) is 1.38. The molecular formula is C19H36Cl2N2S. The Morgan fingerprint density at radius 1 is 0.875 bits per heavy atom. The summed E-state index contributed by atoms with van der Waals surface area (Å²) in [5.74, 6) is 0. The van der Waals surface area contributed by atoms with Crippen molar-refractivity contribution in [3.8, 4) is 0 Å². The van der Waals surface area contributed by atoms with Crippen molar-refractivity contribution >= 4 is 36.6 Å². The highest BCUT2D eigenvalue weighted by atomic mass is 35.5. The number of thioether (sulfide) groups is 1. The third-order valence-electron chi connectivity index (χ3n) is 3.97. The zero-order valence-electron chi connectivity index (χ0n) is 15.6. The van der Waals surface area contributed by atoms with Gasteiger partial charge in [0.1, 0.15) is 0 Å². The molecule has 24 heavy (non-hydrogen) atoms. The lowest BCUT2D eigenvalue weighted by molar-refractivity contribution is 0.261. The van der Waals surface area contributed by atoms with Crippen LogP contribution in [-0.4, -0.2) is 37.3 Å². The molecule has 0 saturated heterocycles. The van der Waals surface area contributed by atoms with E-state index in [9.17, 15) is 0 Å². The average Bonchev–Trinajstić information content (AvgIpc) is 2.56. The zero-order chi connectivity index (χ0) is 16.0. The standard InChI is InChI=1S/C19H34N2S.2ClH/c1-4-6-14-21(15-7-5-2)16-8-13-20-17-18-9-11-19(22-3)12-10-18;;/h9-12,20H,4-8,13-17H2,1-3H3;2*1H. The molecule has 0 spiro atoms. The van der Waals surface area contributed by atoms with Crippen molar-refractivity contribution < 1.29 is 0 Å². The molecule has 142 valence electrons. The van der Waals surface area contributed by atoms with Gasteiger partial charge in [-0.05, 0) is 69.4 Å². The van der Waals surface area contributed by atoms with Crippen LogP contribution in [0.2, 0.25) is 0 Å². The van der Waals surface area contributed by atoms with Gasteiger partial charge in [-0.1, -0.05) is 38.8 Å². The monoisotopic (exact) mass is 394 g/mol. The zero-order valence-corrected chi connectivity index (χ0v) is 18.0. The second kappa shape index (κ2) is 17.9. The van der Waals surface area contributed by atoms with Crippen LogP contribution < -0.4 is 5.32 Å². The van der Waals surface area contributed by atoms with Crippen molar-refractivity contribution in [2.75, 3.05) is 32.4 Å². The van der Waals surface area contributed by atoms with Crippen molar-refractivity contribution in [2.45, 2.75) is 57.4 Å². The van der Waals surface area contributed by atoms with E-state index in [0.717, 1.165) is 13.1 Å². The highest BCUT2D eigenvalue weighted by molar-refractivity contribution is 7.98. The maximum Gasteiger partial charge on any atom is 0.0205 e. The molecule has 0 amide bonds. The highest BCUT2D eigenvalue weighted by Crippen LogP contribution is 2.14. The first-order valence-corrected chi connectivity index (χ1v) is 10.1. The lowest BCUT2D eigenvalue weighted by Crippen LogP contribution is -2.29. The second-order valence-corrected chi connectivity index (χ2v) is 6.81. The molecule has 1 aromatic carbocycles. The normalized spacial score (nSPS) is 10.3. The molecule has 0 fully saturated rings. The molecule has 0 atom stereocenters. The molecule has 0 aliphatic carbocycles. The Balaban J connectivity index is 0. The summed E-state index contributed by atoms with van der Waals surface area (Å²) in [6, 6.07) is 8.87. The minimum Gasteiger partial charge on any atom is -0.313 e. The molecule has 0 aliphatic heterocycles. The van der Waals surface area contributed by atoms with Crippen LogP contribution in [0.4, 0.5) is 0 Å². The van der Waals surface area contributed by atoms with Crippen LogP contribution in [-0.2, 0) is 6.54 Å². The smallest absolute Gasteiger partial charge is 0.0205 e. The number of nitrogens with one attached hydrogen (secondary N) is 1. The van der Waals surface area contributed by atoms with Gasteiger partial charge in [0.05, 0.1) is 0 Å². The first-order valence-electron chi connectivity index (χ1n) is 8.86. The van der Waals surface area contributed by atoms with Crippen molar-refractivity contribution in [1.82, 2.24) is 10.2 Å². The van der Waals surface area contributed by atoms with E-state index in [0.29, 0.717) is 0 Å². The van der Waals surface area contributed by atoms with Gasteiger partial charge in [0.15, 0.2) is 0 Å². The van der Waals surface area contributed by atoms with E-state index in [1.54, 1.807) is 11.8 Å². The predicted molar refractivity (Wildman–Crippen MR) is 115 cm³/mol. The van der Waals surface area contributed by atoms with Gasteiger partial charge >= 0.3 is 0 Å². The number of rotatable bonds is 13. The quantitative estimate of drug-likeness (QED) is 0.344. The molecular weight excluding hydrogens is 359 g/mol. The SMILES string of the molecule is CCCCN(CCCC)CCCNCc1ccc(SC)cc1.Cl.Cl. The first-order chi connectivity index (χ1) is 10.8. The van der Waals surface area contributed by atoms with E-state index < -0.39 is 0 Å². The minimum atomic E-state index is 0. The molecule has 0 heterocycles. The maximum atomic E-state index is 3.57. The first kappa shape index (κ1) is 26.3. The molecule has 0 aromatic heterocycles. The van der Waals surface area contributed by atoms with Crippen LogP contribution in [0.15, 0.2) is 29.2 Å². The molecule has 5 heteroatoms. The van der Waals surface area contributed by atoms with Gasteiger partial charge in [0, 0.05) is 11.4 Å². The van der Waals surface area contributed by atoms with E-state index in [4.69, 9.17) is 0 Å². The van der Waals surface area contributed by atoms with Gasteiger partial charge in [-0.15, -0.1) is 36.6 Å². The van der Waals surface area contributed by atoms with E-state index in [2.05, 4.69) is 54.6 Å². The van der Waals surface area contributed by atoms with Gasteiger partial charge in [0.2, 0.25) is 0 Å². The molecule has 0 radical (unpaired) electrons. The van der Waals surface area contributed by atoms with Gasteiger partial charge in [-0.25, -0.2) is 0 Å². The molecule has 0 bridgehead atoms. The van der Waals surface area contributed by atoms with Crippen LogP contribution in [0.25, 0.3) is 0 Å². The fourth-order valence-corrected chi connectivity index (χ4v) is 2.91. The predicted octanol–water partition coefficient (Wildman–Crippen LogP) is 5.63. The van der Waals surface area contributed by atoms with Crippen LogP contribution >= 0.6 is 36.6 Å². The summed E-state index contributed by atoms with van der Waals surface area (Å²) >= 11 is 1.80. The summed E-state index contributed by atoms with van der Waals surface area (Å²) in [7, 11) is 0. The van der Waals surface area contributed by atoms with Crippen molar-refractivity contribution in [1.29, 1.82) is 0 Å². The number of unbranched alkanes of at least 4 members (excludes halogenated alkanes) is 2. The molecule has 1 aromatic rings. The Hall–Kier alpha value is 0.0700. The fraction of sp³-hybridized carbons (Fsp3) is 0.684. The number of hydrogen-bond donors (Lipinski definition) is 1. The number of nitrogens with zero attached hydrogens (tertiary/aromatic N) is 1. The van der Waals surface area contributed by atoms with Crippen LogP contribution in [0, 0.1) is 0 Å². The minimum absolute atomic E-state index is 0. The summed E-state index contributed by atoms with van der Waals surface area (Å²) in [5, 5.41) is 3.57. The van der Waals surface area contributed by atoms with E-state index in [-0.39, 0.29) is 24.8 Å². The van der Waals surface area contributed by atoms with Crippen LogP contribution in [0.1, 0.15) is 51.5 Å². The number of benzene rings is 1. The fourth-order valence-electron chi connectivity index (χ4n) is 2.50. The summed E-state index contributed by atoms with van der Waals surface area (Å²) in [6.07, 6.45) is 8.63. The highest BCUT2D eigenvalue weighted by Gasteiger charge is 2.03. The topological polar surface area (TPSA) is 15.3 Å². The Bertz CT molecular complexity index is 366. The Morgan fingerprint density at radius 2 is 1.42 bits per heavy atom. The van der Waals surface area contributed by atoms with E-state index in [1.807, 2.05) is 0 Å². The average molecular weight is 395 g/mol. The molecule has 1 N–H and O–H groups in total. The maximum absolute atomic E-state index is 3.57. The molecule has 1 rings (SSSR count). The Kier molecular flexibility index (Phi) is 19.6. The molecule has 0 aliphatic rings. The summed E-state index contributed by atoms with van der Waals surface area (Å²) in [6.45, 7) is 10.4. The van der Waals surface area contributed by atoms with E-state index >= 15 is 0 Å². The van der Waals surface area contributed by atoms with Crippen molar-refractivity contribution in [2.24, 2.45) is 0 Å². The largest absolute Gasteiger partial charge is 0.313 e. The van der Waals surface area contributed by atoms with E-state index in [1.165, 1.54) is 62.2 Å². The third kappa shape index (κ3) is 12.4. The second-order valence-electron chi connectivity index (χ2n) is 5.93. The van der Waals surface area contributed by atoms with Gasteiger partial charge in [-0.3, -0.25) is 0 Å². The summed E-state index contributed by atoms with van der Waals surface area (Å²) in [4.78, 5) is 3.98. The lowest BCUT2D eigenvalue weighted by atomic mass is 10.2. The molecule has 2 nitrogen and oxygen atoms in total. The summed E-state index contributed by atoms with van der Waals surface area (Å²) < 4.78 is 0. The van der Waals surface area contributed by atoms with Crippen LogP contribution in [0.5, 0.6) is 0 Å².